The second kappa shape index (κ2) is 5.51. The molecule has 0 aliphatic carbocycles. The van der Waals surface area contributed by atoms with Gasteiger partial charge in [0.25, 0.3) is 0 Å². The van der Waals surface area contributed by atoms with E-state index < -0.39 is 0 Å². The van der Waals surface area contributed by atoms with Gasteiger partial charge in [-0.05, 0) is 64.5 Å². The first-order chi connectivity index (χ1) is 7.70. The molecule has 0 aliphatic heterocycles. The highest BCUT2D eigenvalue weighted by atomic mass is 79.9. The van der Waals surface area contributed by atoms with Crippen molar-refractivity contribution in [3.63, 3.8) is 0 Å². The highest BCUT2D eigenvalue weighted by molar-refractivity contribution is 9.10. The SMILES string of the molecule is Cc1ccc(Br)cc1C(CC(C)(C)N)N(C)C. The smallest absolute Gasteiger partial charge is 0.0362 e. The van der Waals surface area contributed by atoms with Gasteiger partial charge in [-0.1, -0.05) is 22.0 Å². The van der Waals surface area contributed by atoms with Crippen LogP contribution in [0.1, 0.15) is 37.4 Å². The molecule has 1 aromatic rings. The summed E-state index contributed by atoms with van der Waals surface area (Å²) in [7, 11) is 4.22. The molecule has 2 N–H and O–H groups in total. The first-order valence-electron chi connectivity index (χ1n) is 5.92. The lowest BCUT2D eigenvalue weighted by Crippen LogP contribution is -2.37. The molecule has 0 fully saturated rings. The van der Waals surface area contributed by atoms with Crippen molar-refractivity contribution >= 4 is 15.9 Å². The molecule has 96 valence electrons. The zero-order valence-corrected chi connectivity index (χ0v) is 13.0. The molecule has 17 heavy (non-hydrogen) atoms. The number of halogens is 1. The van der Waals surface area contributed by atoms with E-state index in [1.165, 1.54) is 11.1 Å². The Balaban J connectivity index is 3.10. The average Bonchev–Trinajstić information content (AvgIpc) is 2.17. The lowest BCUT2D eigenvalue weighted by Gasteiger charge is -2.32. The number of hydrogen-bond acceptors (Lipinski definition) is 2. The Morgan fingerprint density at radius 2 is 1.94 bits per heavy atom. The van der Waals surface area contributed by atoms with Crippen molar-refractivity contribution < 1.29 is 0 Å². The van der Waals surface area contributed by atoms with Gasteiger partial charge in [0, 0.05) is 16.1 Å². The molecule has 0 amide bonds. The fourth-order valence-corrected chi connectivity index (χ4v) is 2.42. The quantitative estimate of drug-likeness (QED) is 0.922. The van der Waals surface area contributed by atoms with Crippen LogP contribution in [-0.2, 0) is 0 Å². The molecule has 1 rings (SSSR count). The third-order valence-electron chi connectivity index (χ3n) is 2.94. The lowest BCUT2D eigenvalue weighted by molar-refractivity contribution is 0.242. The zero-order valence-electron chi connectivity index (χ0n) is 11.4. The van der Waals surface area contributed by atoms with Gasteiger partial charge in [0.05, 0.1) is 0 Å². The molecule has 0 spiro atoms. The molecule has 1 unspecified atom stereocenters. The summed E-state index contributed by atoms with van der Waals surface area (Å²) in [6.45, 7) is 6.31. The van der Waals surface area contributed by atoms with Gasteiger partial charge in [-0.15, -0.1) is 0 Å². The summed E-state index contributed by atoms with van der Waals surface area (Å²) in [5.74, 6) is 0. The highest BCUT2D eigenvalue weighted by Crippen LogP contribution is 2.30. The minimum absolute atomic E-state index is 0.163. The fraction of sp³-hybridized carbons (Fsp3) is 0.571. The zero-order chi connectivity index (χ0) is 13.2. The minimum Gasteiger partial charge on any atom is -0.325 e. The molecule has 0 heterocycles. The van der Waals surface area contributed by atoms with Crippen LogP contribution in [0.5, 0.6) is 0 Å². The van der Waals surface area contributed by atoms with Crippen molar-refractivity contribution in [3.05, 3.63) is 33.8 Å². The van der Waals surface area contributed by atoms with Crippen molar-refractivity contribution in [2.75, 3.05) is 14.1 Å². The van der Waals surface area contributed by atoms with Crippen molar-refractivity contribution in [2.24, 2.45) is 5.73 Å². The molecule has 1 aromatic carbocycles. The number of benzene rings is 1. The molecular formula is C14H23BrN2. The Morgan fingerprint density at radius 1 is 1.35 bits per heavy atom. The van der Waals surface area contributed by atoms with E-state index in [2.05, 4.69) is 73.9 Å². The van der Waals surface area contributed by atoms with Crippen LogP contribution in [0.3, 0.4) is 0 Å². The summed E-state index contributed by atoms with van der Waals surface area (Å²) in [6, 6.07) is 6.79. The van der Waals surface area contributed by atoms with Crippen molar-refractivity contribution in [2.45, 2.75) is 38.8 Å². The van der Waals surface area contributed by atoms with E-state index in [1.54, 1.807) is 0 Å². The third-order valence-corrected chi connectivity index (χ3v) is 3.44. The van der Waals surface area contributed by atoms with Crippen LogP contribution in [0.15, 0.2) is 22.7 Å². The van der Waals surface area contributed by atoms with E-state index in [-0.39, 0.29) is 5.54 Å². The normalized spacial score (nSPS) is 14.1. The summed E-state index contributed by atoms with van der Waals surface area (Å²) >= 11 is 3.54. The van der Waals surface area contributed by atoms with Crippen LogP contribution in [0.2, 0.25) is 0 Å². The summed E-state index contributed by atoms with van der Waals surface area (Å²) in [6.07, 6.45) is 0.942. The number of aryl methyl sites for hydroxylation is 1. The van der Waals surface area contributed by atoms with E-state index in [4.69, 9.17) is 5.73 Å². The van der Waals surface area contributed by atoms with Crippen molar-refractivity contribution in [3.8, 4) is 0 Å². The maximum absolute atomic E-state index is 6.16. The molecule has 2 nitrogen and oxygen atoms in total. The molecule has 0 aromatic heterocycles. The van der Waals surface area contributed by atoms with Gasteiger partial charge in [0.2, 0.25) is 0 Å². The Kier molecular flexibility index (Phi) is 4.76. The molecule has 0 radical (unpaired) electrons. The monoisotopic (exact) mass is 298 g/mol. The maximum Gasteiger partial charge on any atom is 0.0362 e. The van der Waals surface area contributed by atoms with Gasteiger partial charge in [-0.2, -0.15) is 0 Å². The summed E-state index contributed by atoms with van der Waals surface area (Å²) in [5, 5.41) is 0. The molecule has 1 atom stereocenters. The average molecular weight is 299 g/mol. The fourth-order valence-electron chi connectivity index (χ4n) is 2.04. The van der Waals surface area contributed by atoms with E-state index in [0.29, 0.717) is 6.04 Å². The second-order valence-electron chi connectivity index (χ2n) is 5.67. The number of nitrogens with two attached hydrogens (primary N) is 1. The third kappa shape index (κ3) is 4.41. The summed E-state index contributed by atoms with van der Waals surface area (Å²) in [5.41, 5.74) is 8.66. The van der Waals surface area contributed by atoms with E-state index in [1.807, 2.05) is 0 Å². The molecule has 0 bridgehead atoms. The molecule has 0 saturated heterocycles. The van der Waals surface area contributed by atoms with Crippen LogP contribution in [0.4, 0.5) is 0 Å². The largest absolute Gasteiger partial charge is 0.325 e. The Bertz CT molecular complexity index is 380. The van der Waals surface area contributed by atoms with Gasteiger partial charge in [-0.3, -0.25) is 0 Å². The van der Waals surface area contributed by atoms with Crippen LogP contribution in [-0.4, -0.2) is 24.5 Å². The van der Waals surface area contributed by atoms with E-state index >= 15 is 0 Å². The Morgan fingerprint density at radius 3 is 2.41 bits per heavy atom. The minimum atomic E-state index is -0.163. The van der Waals surface area contributed by atoms with E-state index in [0.717, 1.165) is 10.9 Å². The number of hydrogen-bond donors (Lipinski definition) is 1. The van der Waals surface area contributed by atoms with Crippen LogP contribution < -0.4 is 5.73 Å². The summed E-state index contributed by atoms with van der Waals surface area (Å²) in [4.78, 5) is 2.24. The molecule has 3 heteroatoms. The van der Waals surface area contributed by atoms with Gasteiger partial charge >= 0.3 is 0 Å². The van der Waals surface area contributed by atoms with Gasteiger partial charge in [0.1, 0.15) is 0 Å². The van der Waals surface area contributed by atoms with Crippen LogP contribution in [0.25, 0.3) is 0 Å². The first kappa shape index (κ1) is 14.7. The van der Waals surface area contributed by atoms with Gasteiger partial charge < -0.3 is 10.6 Å². The lowest BCUT2D eigenvalue weighted by atomic mass is 9.89. The predicted molar refractivity (Wildman–Crippen MR) is 78.2 cm³/mol. The second-order valence-corrected chi connectivity index (χ2v) is 6.59. The number of nitrogens with zero attached hydrogens (tertiary/aromatic N) is 1. The first-order valence-corrected chi connectivity index (χ1v) is 6.71. The van der Waals surface area contributed by atoms with Crippen LogP contribution >= 0.6 is 15.9 Å². The molecule has 0 saturated carbocycles. The molecule has 0 aliphatic rings. The van der Waals surface area contributed by atoms with Crippen LogP contribution in [0, 0.1) is 6.92 Å². The molecular weight excluding hydrogens is 276 g/mol. The van der Waals surface area contributed by atoms with Gasteiger partial charge in [0.15, 0.2) is 0 Å². The van der Waals surface area contributed by atoms with E-state index in [9.17, 15) is 0 Å². The van der Waals surface area contributed by atoms with Crippen molar-refractivity contribution in [1.29, 1.82) is 0 Å². The Hall–Kier alpha value is -0.380. The Labute approximate surface area is 113 Å². The number of rotatable bonds is 4. The maximum atomic E-state index is 6.16. The highest BCUT2D eigenvalue weighted by Gasteiger charge is 2.23. The predicted octanol–water partition coefficient (Wildman–Crippen LogP) is 3.49. The summed E-state index contributed by atoms with van der Waals surface area (Å²) < 4.78 is 1.12. The topological polar surface area (TPSA) is 29.3 Å². The standard InChI is InChI=1S/C14H23BrN2/c1-10-6-7-11(15)8-12(10)13(17(4)5)9-14(2,3)16/h6-8,13H,9,16H2,1-5H3. The van der Waals surface area contributed by atoms with Crippen molar-refractivity contribution in [1.82, 2.24) is 4.90 Å². The van der Waals surface area contributed by atoms with Gasteiger partial charge in [-0.25, -0.2) is 0 Å².